The van der Waals surface area contributed by atoms with Gasteiger partial charge < -0.3 is 4.90 Å². The molecule has 0 fully saturated rings. The van der Waals surface area contributed by atoms with Gasteiger partial charge in [0.25, 0.3) is 11.7 Å². The van der Waals surface area contributed by atoms with Crippen LogP contribution in [-0.2, 0) is 11.3 Å². The Morgan fingerprint density at radius 3 is 2.79 bits per heavy atom. The minimum Gasteiger partial charge on any atom is -0.300 e. The van der Waals surface area contributed by atoms with E-state index in [4.69, 9.17) is 11.6 Å². The number of anilines is 1. The molecule has 0 saturated heterocycles. The normalized spacial score (nSPS) is 13.8. The lowest BCUT2D eigenvalue weighted by atomic mass is 10.1. The van der Waals surface area contributed by atoms with Crippen LogP contribution in [0.5, 0.6) is 0 Å². The Labute approximate surface area is 114 Å². The molecule has 0 unspecified atom stereocenters. The summed E-state index contributed by atoms with van der Waals surface area (Å²) in [6.45, 7) is 0.326. The number of benzene rings is 1. The molecule has 94 valence electrons. The van der Waals surface area contributed by atoms with Gasteiger partial charge in [0, 0.05) is 17.4 Å². The number of fused-ring (bicyclic) bond motifs is 1. The molecule has 0 N–H and O–H groups in total. The van der Waals surface area contributed by atoms with Crippen molar-refractivity contribution >= 4 is 29.0 Å². The van der Waals surface area contributed by atoms with Crippen molar-refractivity contribution in [3.63, 3.8) is 0 Å². The zero-order valence-corrected chi connectivity index (χ0v) is 10.6. The zero-order chi connectivity index (χ0) is 13.4. The zero-order valence-electron chi connectivity index (χ0n) is 9.84. The highest BCUT2D eigenvalue weighted by Gasteiger charge is 2.35. The molecule has 0 spiro atoms. The van der Waals surface area contributed by atoms with Crippen molar-refractivity contribution in [1.82, 2.24) is 4.98 Å². The van der Waals surface area contributed by atoms with Crippen LogP contribution in [0, 0.1) is 0 Å². The Morgan fingerprint density at radius 1 is 1.21 bits per heavy atom. The number of hydrogen-bond donors (Lipinski definition) is 0. The minimum absolute atomic E-state index is 0.326. The van der Waals surface area contributed by atoms with E-state index in [0.29, 0.717) is 22.8 Å². The predicted octanol–water partition coefficient (Wildman–Crippen LogP) is 2.46. The molecule has 0 saturated carbocycles. The number of halogens is 1. The van der Waals surface area contributed by atoms with Crippen molar-refractivity contribution in [2.24, 2.45) is 0 Å². The first-order valence-electron chi connectivity index (χ1n) is 5.71. The molecule has 1 aromatic carbocycles. The maximum Gasteiger partial charge on any atom is 0.299 e. The number of ketones is 1. The molecule has 2 aromatic rings. The lowest BCUT2D eigenvalue weighted by molar-refractivity contribution is -0.114. The number of Topliss-reactive ketones (excluding diaryl/α,β-unsaturated/α-hetero) is 1. The number of carbonyl (C=O) groups excluding carboxylic acids is 2. The fourth-order valence-corrected chi connectivity index (χ4v) is 2.28. The van der Waals surface area contributed by atoms with E-state index >= 15 is 0 Å². The van der Waals surface area contributed by atoms with Crippen LogP contribution in [0.2, 0.25) is 5.02 Å². The molecule has 0 radical (unpaired) electrons. The molecule has 0 bridgehead atoms. The Morgan fingerprint density at radius 2 is 2.05 bits per heavy atom. The SMILES string of the molecule is O=C1C(=O)N(Cc2cccnc2)c2ccc(Cl)cc21. The molecule has 3 rings (SSSR count). The first-order chi connectivity index (χ1) is 9.16. The number of amides is 1. The summed E-state index contributed by atoms with van der Waals surface area (Å²) < 4.78 is 0. The van der Waals surface area contributed by atoms with Crippen LogP contribution < -0.4 is 4.90 Å². The summed E-state index contributed by atoms with van der Waals surface area (Å²) in [5, 5.41) is 0.447. The Bertz CT molecular complexity index is 670. The van der Waals surface area contributed by atoms with Crippen molar-refractivity contribution in [2.45, 2.75) is 6.54 Å². The van der Waals surface area contributed by atoms with Gasteiger partial charge in [-0.3, -0.25) is 14.6 Å². The van der Waals surface area contributed by atoms with E-state index in [1.165, 1.54) is 11.0 Å². The average molecular weight is 273 g/mol. The summed E-state index contributed by atoms with van der Waals surface area (Å²) in [6, 6.07) is 8.54. The highest BCUT2D eigenvalue weighted by molar-refractivity contribution is 6.52. The highest BCUT2D eigenvalue weighted by atomic mass is 35.5. The maximum atomic E-state index is 12.0. The molecule has 4 nitrogen and oxygen atoms in total. The van der Waals surface area contributed by atoms with Crippen molar-refractivity contribution < 1.29 is 9.59 Å². The number of hydrogen-bond acceptors (Lipinski definition) is 3. The van der Waals surface area contributed by atoms with E-state index < -0.39 is 11.7 Å². The molecular weight excluding hydrogens is 264 g/mol. The third-order valence-electron chi connectivity index (χ3n) is 3.00. The third kappa shape index (κ3) is 2.00. The van der Waals surface area contributed by atoms with Gasteiger partial charge in [-0.25, -0.2) is 0 Å². The van der Waals surface area contributed by atoms with E-state index in [-0.39, 0.29) is 0 Å². The Kier molecular flexibility index (Phi) is 2.80. The molecule has 1 aliphatic rings. The summed E-state index contributed by atoms with van der Waals surface area (Å²) in [5.41, 5.74) is 1.83. The van der Waals surface area contributed by atoms with E-state index in [0.717, 1.165) is 5.56 Å². The van der Waals surface area contributed by atoms with Gasteiger partial charge in [0.2, 0.25) is 0 Å². The highest BCUT2D eigenvalue weighted by Crippen LogP contribution is 2.32. The number of rotatable bonds is 2. The summed E-state index contributed by atoms with van der Waals surface area (Å²) in [6.07, 6.45) is 3.33. The second-order valence-electron chi connectivity index (χ2n) is 4.24. The number of nitrogens with zero attached hydrogens (tertiary/aromatic N) is 2. The first-order valence-corrected chi connectivity index (χ1v) is 6.09. The molecule has 1 aromatic heterocycles. The van der Waals surface area contributed by atoms with E-state index in [2.05, 4.69) is 4.98 Å². The smallest absolute Gasteiger partial charge is 0.299 e. The Balaban J connectivity index is 2.00. The van der Waals surface area contributed by atoms with Gasteiger partial charge >= 0.3 is 0 Å². The van der Waals surface area contributed by atoms with Gasteiger partial charge in [0.05, 0.1) is 17.8 Å². The summed E-state index contributed by atoms with van der Waals surface area (Å²) in [4.78, 5) is 29.3. The summed E-state index contributed by atoms with van der Waals surface area (Å²) in [7, 11) is 0. The molecule has 2 heterocycles. The van der Waals surface area contributed by atoms with Crippen LogP contribution >= 0.6 is 11.6 Å². The standard InChI is InChI=1S/C14H9ClN2O2/c15-10-3-4-12-11(6-10)13(18)14(19)17(12)8-9-2-1-5-16-7-9/h1-7H,8H2. The van der Waals surface area contributed by atoms with Crippen LogP contribution in [0.25, 0.3) is 0 Å². The van der Waals surface area contributed by atoms with Crippen LogP contribution in [0.15, 0.2) is 42.7 Å². The fraction of sp³-hybridized carbons (Fsp3) is 0.0714. The van der Waals surface area contributed by atoms with Crippen LogP contribution in [0.4, 0.5) is 5.69 Å². The number of pyridine rings is 1. The fourth-order valence-electron chi connectivity index (χ4n) is 2.10. The summed E-state index contributed by atoms with van der Waals surface area (Å²) in [5.74, 6) is -1.04. The van der Waals surface area contributed by atoms with Crippen molar-refractivity contribution in [3.8, 4) is 0 Å². The number of aromatic nitrogens is 1. The maximum absolute atomic E-state index is 12.0. The van der Waals surface area contributed by atoms with Crippen molar-refractivity contribution in [3.05, 3.63) is 58.9 Å². The number of carbonyl (C=O) groups is 2. The molecule has 19 heavy (non-hydrogen) atoms. The third-order valence-corrected chi connectivity index (χ3v) is 3.23. The molecule has 1 amide bonds. The van der Waals surface area contributed by atoms with Gasteiger partial charge in [-0.1, -0.05) is 17.7 Å². The van der Waals surface area contributed by atoms with Crippen LogP contribution in [0.3, 0.4) is 0 Å². The summed E-state index contributed by atoms with van der Waals surface area (Å²) >= 11 is 5.85. The molecule has 1 aliphatic heterocycles. The second-order valence-corrected chi connectivity index (χ2v) is 4.68. The largest absolute Gasteiger partial charge is 0.300 e. The molecule has 0 atom stereocenters. The van der Waals surface area contributed by atoms with Gasteiger partial charge in [-0.2, -0.15) is 0 Å². The topological polar surface area (TPSA) is 50.3 Å². The average Bonchev–Trinajstić information content (AvgIpc) is 2.65. The van der Waals surface area contributed by atoms with Crippen LogP contribution in [-0.4, -0.2) is 16.7 Å². The lowest BCUT2D eigenvalue weighted by Crippen LogP contribution is -2.29. The van der Waals surface area contributed by atoms with Gasteiger partial charge in [-0.05, 0) is 29.8 Å². The van der Waals surface area contributed by atoms with E-state index in [9.17, 15) is 9.59 Å². The predicted molar refractivity (Wildman–Crippen MR) is 71.2 cm³/mol. The van der Waals surface area contributed by atoms with E-state index in [1.54, 1.807) is 30.6 Å². The first kappa shape index (κ1) is 11.9. The molecule has 5 heteroatoms. The lowest BCUT2D eigenvalue weighted by Gasteiger charge is -2.16. The van der Waals surface area contributed by atoms with Crippen molar-refractivity contribution in [1.29, 1.82) is 0 Å². The van der Waals surface area contributed by atoms with E-state index in [1.807, 2.05) is 6.07 Å². The van der Waals surface area contributed by atoms with Crippen molar-refractivity contribution in [2.75, 3.05) is 4.90 Å². The van der Waals surface area contributed by atoms with Gasteiger partial charge in [0.1, 0.15) is 0 Å². The van der Waals surface area contributed by atoms with Gasteiger partial charge in [0.15, 0.2) is 0 Å². The molecular formula is C14H9ClN2O2. The molecule has 0 aliphatic carbocycles. The minimum atomic E-state index is -0.527. The van der Waals surface area contributed by atoms with Gasteiger partial charge in [-0.15, -0.1) is 0 Å². The monoisotopic (exact) mass is 272 g/mol. The Hall–Kier alpha value is -2.20. The quantitative estimate of drug-likeness (QED) is 0.789. The second kappa shape index (κ2) is 4.48. The van der Waals surface area contributed by atoms with Crippen LogP contribution in [0.1, 0.15) is 15.9 Å².